The molecule has 12 unspecified atom stereocenters. The molecular formula is C61H109N11O14. The lowest BCUT2D eigenvalue weighted by atomic mass is 9.91. The number of hydrogen-bond acceptors (Lipinski definition) is 14. The summed E-state index contributed by atoms with van der Waals surface area (Å²) in [7, 11) is 8.00. The standard InChI is InChI=1S/C61H109N11O14/c1-24-26-27-37(11)49(74)48-53(78)65-40(25-2)55(80)67(18)32-45(73)64-41(28-33(3)4)51(76)66-46(35(7)8)58(83)69(20)43(30-60(14,15)85)52(77)62-38(12)50(75)63-39(13)54(79)70(21)44(31-61(16,17)86)57(82)68(19)42(29-34(5)6)56(81)71(22)47(36(9)10)59(84)72(48)23/h24,26,33-44,46-49,74,85-86H,25,27-32H2,1-23H3,(H,62,77)(H,63,75)(H,64,73)(H,65,78)(H,66,76). The molecule has 0 aromatic rings. The zero-order valence-electron chi connectivity index (χ0n) is 55.9. The van der Waals surface area contributed by atoms with Gasteiger partial charge in [-0.25, -0.2) is 0 Å². The monoisotopic (exact) mass is 1220 g/mol. The molecule has 1 aliphatic heterocycles. The molecule has 8 N–H and O–H groups in total. The Morgan fingerprint density at radius 3 is 1.47 bits per heavy atom. The van der Waals surface area contributed by atoms with Gasteiger partial charge in [0, 0.05) is 55.1 Å². The van der Waals surface area contributed by atoms with Crippen LogP contribution in [0.3, 0.4) is 0 Å². The fourth-order valence-electron chi connectivity index (χ4n) is 10.5. The maximum absolute atomic E-state index is 15.1. The van der Waals surface area contributed by atoms with E-state index >= 15 is 9.59 Å². The number of hydrogen-bond donors (Lipinski definition) is 8. The Hall–Kier alpha value is -6.21. The molecule has 0 aromatic carbocycles. The first kappa shape index (κ1) is 77.8. The molecule has 0 bridgehead atoms. The Labute approximate surface area is 511 Å². The van der Waals surface area contributed by atoms with Crippen molar-refractivity contribution in [1.29, 1.82) is 0 Å². The van der Waals surface area contributed by atoms with Crippen LogP contribution < -0.4 is 26.6 Å². The summed E-state index contributed by atoms with van der Waals surface area (Å²) in [5, 5.41) is 47.6. The molecule has 86 heavy (non-hydrogen) atoms. The van der Waals surface area contributed by atoms with Gasteiger partial charge in [0.2, 0.25) is 65.0 Å². The van der Waals surface area contributed by atoms with Gasteiger partial charge >= 0.3 is 0 Å². The van der Waals surface area contributed by atoms with Crippen molar-refractivity contribution >= 4 is 65.0 Å². The van der Waals surface area contributed by atoms with Gasteiger partial charge in [-0.15, -0.1) is 0 Å². The van der Waals surface area contributed by atoms with Crippen molar-refractivity contribution < 1.29 is 68.1 Å². The Balaban J connectivity index is 4.34. The average molecular weight is 1220 g/mol. The molecule has 1 aliphatic rings. The number of nitrogens with zero attached hydrogens (tertiary/aromatic N) is 6. The number of aliphatic hydroxyl groups excluding tert-OH is 1. The average Bonchev–Trinajstić information content (AvgIpc) is 2.25. The topological polar surface area (TPSA) is 328 Å². The Morgan fingerprint density at radius 2 is 0.988 bits per heavy atom. The number of aliphatic hydroxyl groups is 3. The van der Waals surface area contributed by atoms with Crippen molar-refractivity contribution in [3.63, 3.8) is 0 Å². The van der Waals surface area contributed by atoms with Gasteiger partial charge in [-0.2, -0.15) is 0 Å². The zero-order valence-corrected chi connectivity index (χ0v) is 55.9. The molecule has 1 rings (SSSR count). The smallest absolute Gasteiger partial charge is 0.246 e. The lowest BCUT2D eigenvalue weighted by Gasteiger charge is -2.42. The van der Waals surface area contributed by atoms with Gasteiger partial charge in [0.25, 0.3) is 0 Å². The summed E-state index contributed by atoms with van der Waals surface area (Å²) < 4.78 is 0. The van der Waals surface area contributed by atoms with Crippen LogP contribution in [0.2, 0.25) is 0 Å². The van der Waals surface area contributed by atoms with E-state index in [9.17, 15) is 58.5 Å². The SMILES string of the molecule is CC=CCC(C)C(O)C1C(=O)NC(CC)C(=O)N(C)CC(=O)NC(CC(C)C)C(=O)NC(C(C)C)C(=O)N(C)C(CC(C)(C)O)C(=O)NC(C)C(=O)NC(C)C(=O)N(C)C(CC(C)(C)O)C(=O)N(C)C(CC(C)C)C(=O)N(C)C(C(C)C)C(=O)N1C. The Morgan fingerprint density at radius 1 is 0.512 bits per heavy atom. The summed E-state index contributed by atoms with van der Waals surface area (Å²) >= 11 is 0. The largest absolute Gasteiger partial charge is 0.390 e. The van der Waals surface area contributed by atoms with E-state index < -0.39 is 167 Å². The van der Waals surface area contributed by atoms with E-state index in [-0.39, 0.29) is 50.4 Å². The second kappa shape index (κ2) is 33.8. The highest BCUT2D eigenvalue weighted by Gasteiger charge is 2.46. The minimum atomic E-state index is -1.65. The molecule has 25 nitrogen and oxygen atoms in total. The van der Waals surface area contributed by atoms with Crippen molar-refractivity contribution in [2.45, 2.75) is 234 Å². The van der Waals surface area contributed by atoms with Crippen LogP contribution in [0.5, 0.6) is 0 Å². The maximum Gasteiger partial charge on any atom is 0.246 e. The number of amides is 11. The van der Waals surface area contributed by atoms with Gasteiger partial charge in [0.05, 0.1) is 23.9 Å². The number of allylic oxidation sites excluding steroid dienone is 2. The number of carbonyl (C=O) groups excluding carboxylic acids is 11. The first-order chi connectivity index (χ1) is 39.4. The lowest BCUT2D eigenvalue weighted by molar-refractivity contribution is -0.158. The van der Waals surface area contributed by atoms with Crippen molar-refractivity contribution in [1.82, 2.24) is 56.0 Å². The number of nitrogens with one attached hydrogen (secondary N) is 5. The second-order valence-electron chi connectivity index (χ2n) is 26.5. The van der Waals surface area contributed by atoms with Gasteiger partial charge < -0.3 is 71.3 Å². The predicted octanol–water partition coefficient (Wildman–Crippen LogP) is 1.16. The summed E-state index contributed by atoms with van der Waals surface area (Å²) in [6, 6.07) is -13.7. The van der Waals surface area contributed by atoms with E-state index in [0.29, 0.717) is 0 Å². The van der Waals surface area contributed by atoms with Gasteiger partial charge in [-0.05, 0) is 104 Å². The van der Waals surface area contributed by atoms with Crippen LogP contribution in [0.1, 0.15) is 156 Å². The van der Waals surface area contributed by atoms with E-state index in [2.05, 4.69) is 26.6 Å². The summed E-state index contributed by atoms with van der Waals surface area (Å²) in [6.45, 7) is 26.8. The number of rotatable bonds is 15. The third-order valence-corrected chi connectivity index (χ3v) is 15.6. The van der Waals surface area contributed by atoms with E-state index in [1.807, 2.05) is 27.7 Å². The molecule has 0 radical (unpaired) electrons. The van der Waals surface area contributed by atoms with Crippen molar-refractivity contribution in [3.8, 4) is 0 Å². The molecule has 25 heteroatoms. The molecule has 0 aliphatic carbocycles. The highest BCUT2D eigenvalue weighted by Crippen LogP contribution is 2.26. The van der Waals surface area contributed by atoms with Crippen LogP contribution in [-0.4, -0.2) is 236 Å². The summed E-state index contributed by atoms with van der Waals surface area (Å²) in [4.78, 5) is 166. The molecule has 11 amide bonds. The highest BCUT2D eigenvalue weighted by atomic mass is 16.3. The molecule has 0 aromatic heterocycles. The molecule has 12 atom stereocenters. The minimum Gasteiger partial charge on any atom is -0.390 e. The Kier molecular flexibility index (Phi) is 30.6. The zero-order chi connectivity index (χ0) is 67.0. The fourth-order valence-corrected chi connectivity index (χ4v) is 10.5. The molecule has 492 valence electrons. The number of carbonyl (C=O) groups is 11. The highest BCUT2D eigenvalue weighted by molar-refractivity contribution is 5.99. The molecule has 1 heterocycles. The summed E-state index contributed by atoms with van der Waals surface area (Å²) in [5.41, 5.74) is -3.14. The summed E-state index contributed by atoms with van der Waals surface area (Å²) in [6.07, 6.45) is 1.74. The van der Waals surface area contributed by atoms with E-state index in [1.54, 1.807) is 60.6 Å². The van der Waals surface area contributed by atoms with E-state index in [1.165, 1.54) is 88.7 Å². The van der Waals surface area contributed by atoms with E-state index in [4.69, 9.17) is 0 Å². The van der Waals surface area contributed by atoms with Crippen molar-refractivity contribution in [3.05, 3.63) is 12.2 Å². The minimum absolute atomic E-state index is 0.0100. The fraction of sp³-hybridized carbons (Fsp3) is 0.787. The molecule has 1 fully saturated rings. The normalized spacial score (nSPS) is 26.9. The van der Waals surface area contributed by atoms with Crippen LogP contribution in [0.25, 0.3) is 0 Å². The first-order valence-corrected chi connectivity index (χ1v) is 30.2. The van der Waals surface area contributed by atoms with Crippen LogP contribution in [0, 0.1) is 29.6 Å². The molecule has 0 spiro atoms. The Bertz CT molecular complexity index is 2390. The van der Waals surface area contributed by atoms with Gasteiger partial charge in [-0.3, -0.25) is 52.7 Å². The van der Waals surface area contributed by atoms with Crippen LogP contribution in [-0.2, 0) is 52.7 Å². The van der Waals surface area contributed by atoms with Crippen LogP contribution in [0.15, 0.2) is 12.2 Å². The second-order valence-corrected chi connectivity index (χ2v) is 26.5. The quantitative estimate of drug-likeness (QED) is 0.107. The van der Waals surface area contributed by atoms with E-state index in [0.717, 1.165) is 24.5 Å². The van der Waals surface area contributed by atoms with Gasteiger partial charge in [0.15, 0.2) is 0 Å². The van der Waals surface area contributed by atoms with Gasteiger partial charge in [0.1, 0.15) is 60.4 Å². The van der Waals surface area contributed by atoms with Crippen LogP contribution >= 0.6 is 0 Å². The summed E-state index contributed by atoms with van der Waals surface area (Å²) in [5.74, 6) is -11.0. The van der Waals surface area contributed by atoms with Crippen molar-refractivity contribution in [2.24, 2.45) is 29.6 Å². The third-order valence-electron chi connectivity index (χ3n) is 15.6. The third kappa shape index (κ3) is 22.8. The molecule has 1 saturated heterocycles. The van der Waals surface area contributed by atoms with Crippen molar-refractivity contribution in [2.75, 3.05) is 48.8 Å². The predicted molar refractivity (Wildman–Crippen MR) is 327 cm³/mol. The van der Waals surface area contributed by atoms with Gasteiger partial charge in [-0.1, -0.05) is 81.4 Å². The van der Waals surface area contributed by atoms with Crippen LogP contribution in [0.4, 0.5) is 0 Å². The molecular weight excluding hydrogens is 1110 g/mol. The first-order valence-electron chi connectivity index (χ1n) is 30.2. The lowest BCUT2D eigenvalue weighted by Crippen LogP contribution is -2.63. The maximum atomic E-state index is 15.1. The number of likely N-dealkylation sites (N-methyl/N-ethyl adjacent to an activating group) is 6. The molecule has 0 saturated carbocycles.